The standard InChI is InChI=1S/C12H10N2.C3H9N/c1-3-7-11(8-4-1)13-14-12-9-5-2-6-10-12;1-4(2)3/h1-10H;1-3H3/b14-13+;. The summed E-state index contributed by atoms with van der Waals surface area (Å²) in [5, 5.41) is 8.20. The highest BCUT2D eigenvalue weighted by Gasteiger charge is 1.86. The van der Waals surface area contributed by atoms with Gasteiger partial charge in [-0.25, -0.2) is 0 Å². The summed E-state index contributed by atoms with van der Waals surface area (Å²) in [7, 11) is 6.00. The fourth-order valence-electron chi connectivity index (χ4n) is 1.10. The van der Waals surface area contributed by atoms with E-state index in [1.165, 1.54) is 0 Å². The van der Waals surface area contributed by atoms with Gasteiger partial charge in [0.2, 0.25) is 0 Å². The highest BCUT2D eigenvalue weighted by Crippen LogP contribution is 2.16. The van der Waals surface area contributed by atoms with E-state index in [0.29, 0.717) is 0 Å². The first kappa shape index (κ1) is 14.1. The molecule has 0 bridgehead atoms. The number of azo groups is 1. The SMILES string of the molecule is CN(C)C.c1ccc(/N=N/c2ccccc2)cc1. The molecule has 0 spiro atoms. The number of hydrogen-bond donors (Lipinski definition) is 0. The lowest BCUT2D eigenvalue weighted by Crippen LogP contribution is -1.99. The maximum Gasteiger partial charge on any atom is 0.0857 e. The third-order valence-electron chi connectivity index (χ3n) is 1.79. The molecule has 3 nitrogen and oxygen atoms in total. The van der Waals surface area contributed by atoms with Crippen molar-refractivity contribution < 1.29 is 0 Å². The van der Waals surface area contributed by atoms with Crippen molar-refractivity contribution in [1.82, 2.24) is 4.90 Å². The van der Waals surface area contributed by atoms with Crippen LogP contribution in [0.2, 0.25) is 0 Å². The molecule has 0 saturated carbocycles. The lowest BCUT2D eigenvalue weighted by atomic mass is 10.3. The number of hydrogen-bond acceptors (Lipinski definition) is 3. The van der Waals surface area contributed by atoms with Crippen molar-refractivity contribution in [3.8, 4) is 0 Å². The molecule has 0 aliphatic carbocycles. The van der Waals surface area contributed by atoms with Crippen LogP contribution in [0.25, 0.3) is 0 Å². The Balaban J connectivity index is 0.000000357. The first-order chi connectivity index (χ1) is 8.68. The quantitative estimate of drug-likeness (QED) is 0.721. The van der Waals surface area contributed by atoms with Crippen LogP contribution in [0.3, 0.4) is 0 Å². The second kappa shape index (κ2) is 8.14. The van der Waals surface area contributed by atoms with E-state index in [0.717, 1.165) is 11.4 Å². The lowest BCUT2D eigenvalue weighted by molar-refractivity contribution is 0.505. The van der Waals surface area contributed by atoms with Crippen LogP contribution in [0, 0.1) is 0 Å². The summed E-state index contributed by atoms with van der Waals surface area (Å²) in [6.45, 7) is 0. The zero-order valence-electron chi connectivity index (χ0n) is 11.1. The first-order valence-electron chi connectivity index (χ1n) is 5.81. The molecule has 0 aliphatic rings. The smallest absolute Gasteiger partial charge is 0.0857 e. The van der Waals surface area contributed by atoms with Crippen LogP contribution in [0.4, 0.5) is 11.4 Å². The summed E-state index contributed by atoms with van der Waals surface area (Å²) >= 11 is 0. The van der Waals surface area contributed by atoms with Gasteiger partial charge >= 0.3 is 0 Å². The van der Waals surface area contributed by atoms with Gasteiger partial charge in [-0.3, -0.25) is 0 Å². The normalized spacial score (nSPS) is 10.2. The monoisotopic (exact) mass is 241 g/mol. The molecule has 0 atom stereocenters. The lowest BCUT2D eigenvalue weighted by Gasteiger charge is -1.91. The molecule has 3 heteroatoms. The van der Waals surface area contributed by atoms with Gasteiger partial charge in [0, 0.05) is 0 Å². The topological polar surface area (TPSA) is 28.0 Å². The molecule has 0 saturated heterocycles. The summed E-state index contributed by atoms with van der Waals surface area (Å²) in [6.07, 6.45) is 0. The average Bonchev–Trinajstić information content (AvgIpc) is 2.38. The molecule has 18 heavy (non-hydrogen) atoms. The van der Waals surface area contributed by atoms with Crippen molar-refractivity contribution in [2.75, 3.05) is 21.1 Å². The largest absolute Gasteiger partial charge is 0.312 e. The number of nitrogens with zero attached hydrogens (tertiary/aromatic N) is 3. The fraction of sp³-hybridized carbons (Fsp3) is 0.200. The Bertz CT molecular complexity index is 405. The molecule has 0 aliphatic heterocycles. The van der Waals surface area contributed by atoms with Crippen molar-refractivity contribution in [3.05, 3.63) is 60.7 Å². The van der Waals surface area contributed by atoms with Gasteiger partial charge in [0.25, 0.3) is 0 Å². The van der Waals surface area contributed by atoms with Gasteiger partial charge in [0.05, 0.1) is 11.4 Å². The van der Waals surface area contributed by atoms with Crippen LogP contribution in [0.15, 0.2) is 70.9 Å². The molecule has 0 aromatic heterocycles. The van der Waals surface area contributed by atoms with Gasteiger partial charge in [-0.2, -0.15) is 10.2 Å². The van der Waals surface area contributed by atoms with Crippen molar-refractivity contribution in [3.63, 3.8) is 0 Å². The van der Waals surface area contributed by atoms with Gasteiger partial charge in [-0.15, -0.1) is 0 Å². The Labute approximate surface area is 109 Å². The molecule has 2 rings (SSSR count). The minimum Gasteiger partial charge on any atom is -0.312 e. The van der Waals surface area contributed by atoms with Gasteiger partial charge in [0.1, 0.15) is 0 Å². The van der Waals surface area contributed by atoms with E-state index in [2.05, 4.69) is 10.2 Å². The molecule has 0 N–H and O–H groups in total. The van der Waals surface area contributed by atoms with Crippen LogP contribution < -0.4 is 0 Å². The van der Waals surface area contributed by atoms with Crippen molar-refractivity contribution in [2.24, 2.45) is 10.2 Å². The summed E-state index contributed by atoms with van der Waals surface area (Å²) in [5.74, 6) is 0. The molecular weight excluding hydrogens is 222 g/mol. The third-order valence-corrected chi connectivity index (χ3v) is 1.79. The van der Waals surface area contributed by atoms with E-state index in [-0.39, 0.29) is 0 Å². The predicted molar refractivity (Wildman–Crippen MR) is 76.7 cm³/mol. The number of rotatable bonds is 2. The maximum atomic E-state index is 4.10. The Morgan fingerprint density at radius 1 is 0.611 bits per heavy atom. The van der Waals surface area contributed by atoms with Crippen LogP contribution in [0.5, 0.6) is 0 Å². The molecule has 2 aromatic rings. The molecule has 0 fully saturated rings. The Morgan fingerprint density at radius 3 is 1.17 bits per heavy atom. The second-order valence-electron chi connectivity index (χ2n) is 4.21. The van der Waals surface area contributed by atoms with E-state index in [9.17, 15) is 0 Å². The summed E-state index contributed by atoms with van der Waals surface area (Å²) in [6, 6.07) is 19.4. The summed E-state index contributed by atoms with van der Waals surface area (Å²) < 4.78 is 0. The third kappa shape index (κ3) is 6.55. The first-order valence-corrected chi connectivity index (χ1v) is 5.81. The zero-order chi connectivity index (χ0) is 13.2. The predicted octanol–water partition coefficient (Wildman–Crippen LogP) is 4.28. The van der Waals surface area contributed by atoms with Gasteiger partial charge in [-0.1, -0.05) is 36.4 Å². The molecule has 0 radical (unpaired) electrons. The Hall–Kier alpha value is -2.00. The van der Waals surface area contributed by atoms with Crippen LogP contribution in [-0.4, -0.2) is 26.0 Å². The van der Waals surface area contributed by atoms with E-state index in [1.807, 2.05) is 86.7 Å². The molecule has 0 unspecified atom stereocenters. The van der Waals surface area contributed by atoms with Crippen molar-refractivity contribution in [2.45, 2.75) is 0 Å². The van der Waals surface area contributed by atoms with E-state index >= 15 is 0 Å². The molecule has 0 heterocycles. The van der Waals surface area contributed by atoms with Crippen LogP contribution in [-0.2, 0) is 0 Å². The molecule has 2 aromatic carbocycles. The molecule has 94 valence electrons. The second-order valence-corrected chi connectivity index (χ2v) is 4.21. The van der Waals surface area contributed by atoms with Crippen LogP contribution in [0.1, 0.15) is 0 Å². The van der Waals surface area contributed by atoms with E-state index in [4.69, 9.17) is 0 Å². The van der Waals surface area contributed by atoms with Crippen LogP contribution >= 0.6 is 0 Å². The van der Waals surface area contributed by atoms with E-state index < -0.39 is 0 Å². The fourth-order valence-corrected chi connectivity index (χ4v) is 1.10. The highest BCUT2D eigenvalue weighted by atomic mass is 15.1. The maximum absolute atomic E-state index is 4.10. The van der Waals surface area contributed by atoms with E-state index in [1.54, 1.807) is 0 Å². The minimum atomic E-state index is 0.872. The Kier molecular flexibility index (Phi) is 6.36. The van der Waals surface area contributed by atoms with Crippen molar-refractivity contribution >= 4 is 11.4 Å². The summed E-state index contributed by atoms with van der Waals surface area (Å²) in [5.41, 5.74) is 1.74. The zero-order valence-corrected chi connectivity index (χ0v) is 11.1. The van der Waals surface area contributed by atoms with Crippen molar-refractivity contribution in [1.29, 1.82) is 0 Å². The molecule has 0 amide bonds. The average molecular weight is 241 g/mol. The van der Waals surface area contributed by atoms with Gasteiger partial charge in [0.15, 0.2) is 0 Å². The highest BCUT2D eigenvalue weighted by molar-refractivity contribution is 5.39. The minimum absolute atomic E-state index is 0.872. The van der Waals surface area contributed by atoms with Gasteiger partial charge < -0.3 is 4.90 Å². The number of benzene rings is 2. The molecular formula is C15H19N3. The van der Waals surface area contributed by atoms with Gasteiger partial charge in [-0.05, 0) is 45.4 Å². The summed E-state index contributed by atoms with van der Waals surface area (Å²) in [4.78, 5) is 2.00. The Morgan fingerprint density at radius 2 is 0.889 bits per heavy atom.